The first-order chi connectivity index (χ1) is 10.4. The second kappa shape index (κ2) is 6.69. The van der Waals surface area contributed by atoms with E-state index in [4.69, 9.17) is 8.84 Å². The Bertz CT molecular complexity index is 568. The molecule has 0 saturated heterocycles. The molecule has 0 N–H and O–H groups in total. The highest BCUT2D eigenvalue weighted by molar-refractivity contribution is 6.78. The molecule has 120 valence electrons. The molecule has 22 heavy (non-hydrogen) atoms. The number of rotatable bonds is 6. The Morgan fingerprint density at radius 2 is 1.45 bits per heavy atom. The van der Waals surface area contributed by atoms with Gasteiger partial charge in [0.05, 0.1) is 0 Å². The third kappa shape index (κ3) is 3.12. The molecule has 0 amide bonds. The molecule has 4 heteroatoms. The molecule has 0 aliphatic carbocycles. The number of oxazole rings is 1. The van der Waals surface area contributed by atoms with Crippen molar-refractivity contribution < 1.29 is 8.84 Å². The van der Waals surface area contributed by atoms with Gasteiger partial charge in [0.15, 0.2) is 0 Å². The lowest BCUT2D eigenvalue weighted by atomic mass is 10.2. The molecule has 2 rings (SSSR count). The second-order valence-corrected chi connectivity index (χ2v) is 12.1. The van der Waals surface area contributed by atoms with Crippen molar-refractivity contribution >= 4 is 8.32 Å². The number of nitrogens with zero attached hydrogens (tertiary/aromatic N) is 1. The summed E-state index contributed by atoms with van der Waals surface area (Å²) in [5.74, 6) is 1.18. The maximum Gasteiger partial charge on any atom is 0.291 e. The molecular weight excluding hydrogens is 290 g/mol. The van der Waals surface area contributed by atoms with E-state index in [1.807, 2.05) is 30.3 Å². The Morgan fingerprint density at radius 1 is 0.909 bits per heavy atom. The monoisotopic (exact) mass is 317 g/mol. The van der Waals surface area contributed by atoms with Gasteiger partial charge in [-0.25, -0.2) is 4.98 Å². The third-order valence-corrected chi connectivity index (χ3v) is 10.5. The predicted molar refractivity (Wildman–Crippen MR) is 93.6 cm³/mol. The summed E-state index contributed by atoms with van der Waals surface area (Å²) in [6.07, 6.45) is 1.72. The molecule has 3 nitrogen and oxygen atoms in total. The Morgan fingerprint density at radius 3 is 1.95 bits per heavy atom. The summed E-state index contributed by atoms with van der Waals surface area (Å²) in [6.45, 7) is 13.6. The van der Waals surface area contributed by atoms with Gasteiger partial charge in [0, 0.05) is 5.56 Å². The van der Waals surface area contributed by atoms with Crippen LogP contribution in [-0.2, 0) is 0 Å². The van der Waals surface area contributed by atoms with Crippen molar-refractivity contribution in [3.05, 3.63) is 36.5 Å². The van der Waals surface area contributed by atoms with E-state index in [9.17, 15) is 0 Å². The molecule has 0 bridgehead atoms. The fraction of sp³-hybridized carbons (Fsp3) is 0.500. The smallest absolute Gasteiger partial charge is 0.291 e. The minimum absolute atomic E-state index is 0.512. The van der Waals surface area contributed by atoms with E-state index in [2.05, 4.69) is 46.5 Å². The van der Waals surface area contributed by atoms with Gasteiger partial charge in [-0.3, -0.25) is 0 Å². The van der Waals surface area contributed by atoms with Crippen LogP contribution in [0.4, 0.5) is 0 Å². The van der Waals surface area contributed by atoms with Crippen LogP contribution in [0.15, 0.2) is 40.9 Å². The Hall–Kier alpha value is -1.55. The summed E-state index contributed by atoms with van der Waals surface area (Å²) in [5, 5.41) is 0. The zero-order chi connectivity index (χ0) is 16.3. The van der Waals surface area contributed by atoms with Crippen molar-refractivity contribution in [2.24, 2.45) is 0 Å². The number of aromatic nitrogens is 1. The van der Waals surface area contributed by atoms with Crippen molar-refractivity contribution in [3.8, 4) is 17.4 Å². The van der Waals surface area contributed by atoms with Gasteiger partial charge in [-0.15, -0.1) is 0 Å². The number of hydrogen-bond donors (Lipinski definition) is 0. The second-order valence-electron chi connectivity index (χ2n) is 6.77. The van der Waals surface area contributed by atoms with Gasteiger partial charge in [0.25, 0.3) is 14.3 Å². The molecule has 0 spiro atoms. The van der Waals surface area contributed by atoms with Crippen molar-refractivity contribution in [1.29, 1.82) is 0 Å². The van der Waals surface area contributed by atoms with E-state index in [-0.39, 0.29) is 0 Å². The van der Waals surface area contributed by atoms with Gasteiger partial charge in [0.2, 0.25) is 5.89 Å². The Labute approximate surface area is 134 Å². The fourth-order valence-corrected chi connectivity index (χ4v) is 8.70. The predicted octanol–water partition coefficient (Wildman–Crippen LogP) is 5.90. The van der Waals surface area contributed by atoms with Crippen LogP contribution in [0.5, 0.6) is 5.95 Å². The molecule has 1 aromatic heterocycles. The summed E-state index contributed by atoms with van der Waals surface area (Å²) in [4.78, 5) is 4.38. The fourth-order valence-electron chi connectivity index (χ4n) is 3.55. The standard InChI is InChI=1S/C18H27NO2Si/c1-13(2)22(14(3)4,15(5)6)21-17-12-19-18(20-17)16-10-8-7-9-11-16/h7-15H,1-6H3. The Balaban J connectivity index is 2.31. The van der Waals surface area contributed by atoms with Crippen LogP contribution in [-0.4, -0.2) is 13.3 Å². The van der Waals surface area contributed by atoms with Gasteiger partial charge >= 0.3 is 0 Å². The van der Waals surface area contributed by atoms with Gasteiger partial charge in [-0.2, -0.15) is 0 Å². The summed E-state index contributed by atoms with van der Waals surface area (Å²) < 4.78 is 12.4. The van der Waals surface area contributed by atoms with Gasteiger partial charge in [0.1, 0.15) is 6.20 Å². The maximum absolute atomic E-state index is 6.50. The van der Waals surface area contributed by atoms with E-state index in [0.29, 0.717) is 28.5 Å². The summed E-state index contributed by atoms with van der Waals surface area (Å²) in [5.41, 5.74) is 2.51. The van der Waals surface area contributed by atoms with E-state index < -0.39 is 8.32 Å². The quantitative estimate of drug-likeness (QED) is 0.622. The lowest BCUT2D eigenvalue weighted by Crippen LogP contribution is -2.50. The van der Waals surface area contributed by atoms with Crippen LogP contribution < -0.4 is 4.43 Å². The molecule has 0 unspecified atom stereocenters. The summed E-state index contributed by atoms with van der Waals surface area (Å²) >= 11 is 0. The van der Waals surface area contributed by atoms with Crippen LogP contribution >= 0.6 is 0 Å². The molecule has 0 saturated carbocycles. The van der Waals surface area contributed by atoms with Crippen LogP contribution in [0.25, 0.3) is 11.5 Å². The first-order valence-electron chi connectivity index (χ1n) is 8.08. The SMILES string of the molecule is CC(C)[Si](Oc1cnc(-c2ccccc2)o1)(C(C)C)C(C)C. The first-order valence-corrected chi connectivity index (χ1v) is 10.2. The Kier molecular flexibility index (Phi) is 5.11. The van der Waals surface area contributed by atoms with Crippen molar-refractivity contribution in [3.63, 3.8) is 0 Å². The zero-order valence-electron chi connectivity index (χ0n) is 14.5. The van der Waals surface area contributed by atoms with Crippen molar-refractivity contribution in [1.82, 2.24) is 4.98 Å². The molecular formula is C18H27NO2Si. The molecule has 0 aliphatic rings. The highest BCUT2D eigenvalue weighted by atomic mass is 28.4. The first kappa shape index (κ1) is 16.8. The molecule has 1 aromatic carbocycles. The van der Waals surface area contributed by atoms with Crippen LogP contribution in [0.2, 0.25) is 16.6 Å². The molecule has 1 heterocycles. The topological polar surface area (TPSA) is 35.3 Å². The average Bonchev–Trinajstić information content (AvgIpc) is 2.93. The van der Waals surface area contributed by atoms with E-state index in [0.717, 1.165) is 5.56 Å². The summed E-state index contributed by atoms with van der Waals surface area (Å²) in [7, 11) is -1.99. The highest BCUT2D eigenvalue weighted by Gasteiger charge is 2.47. The van der Waals surface area contributed by atoms with E-state index in [1.54, 1.807) is 6.20 Å². The lowest BCUT2D eigenvalue weighted by molar-refractivity contribution is 0.363. The largest absolute Gasteiger partial charge is 0.517 e. The molecule has 0 radical (unpaired) electrons. The minimum Gasteiger partial charge on any atom is -0.517 e. The van der Waals surface area contributed by atoms with Crippen LogP contribution in [0.1, 0.15) is 41.5 Å². The lowest BCUT2D eigenvalue weighted by Gasteiger charge is -2.40. The third-order valence-electron chi connectivity index (χ3n) is 4.49. The molecule has 0 aliphatic heterocycles. The van der Waals surface area contributed by atoms with Crippen LogP contribution in [0.3, 0.4) is 0 Å². The molecule has 0 atom stereocenters. The van der Waals surface area contributed by atoms with E-state index in [1.165, 1.54) is 0 Å². The van der Waals surface area contributed by atoms with Gasteiger partial charge in [-0.05, 0) is 28.8 Å². The molecule has 0 fully saturated rings. The normalized spacial score (nSPS) is 12.4. The average molecular weight is 318 g/mol. The van der Waals surface area contributed by atoms with Gasteiger partial charge < -0.3 is 8.84 Å². The zero-order valence-corrected chi connectivity index (χ0v) is 15.5. The highest BCUT2D eigenvalue weighted by Crippen LogP contribution is 2.43. The summed E-state index contributed by atoms with van der Waals surface area (Å²) in [6, 6.07) is 9.93. The maximum atomic E-state index is 6.50. The van der Waals surface area contributed by atoms with Crippen molar-refractivity contribution in [2.45, 2.75) is 58.2 Å². The molecule has 2 aromatic rings. The minimum atomic E-state index is -1.99. The number of benzene rings is 1. The van der Waals surface area contributed by atoms with Gasteiger partial charge in [-0.1, -0.05) is 59.7 Å². The van der Waals surface area contributed by atoms with Crippen LogP contribution in [0, 0.1) is 0 Å². The van der Waals surface area contributed by atoms with Crippen molar-refractivity contribution in [2.75, 3.05) is 0 Å². The number of hydrogen-bond acceptors (Lipinski definition) is 3. The van der Waals surface area contributed by atoms with E-state index >= 15 is 0 Å².